The molecule has 0 spiro atoms. The van der Waals surface area contributed by atoms with E-state index in [4.69, 9.17) is 9.15 Å². The summed E-state index contributed by atoms with van der Waals surface area (Å²) in [7, 11) is 0. The van der Waals surface area contributed by atoms with Crippen LogP contribution >= 0.6 is 0 Å². The summed E-state index contributed by atoms with van der Waals surface area (Å²) in [6, 6.07) is 3.41. The van der Waals surface area contributed by atoms with E-state index in [1.54, 1.807) is 32.1 Å². The quantitative estimate of drug-likeness (QED) is 0.189. The van der Waals surface area contributed by atoms with Gasteiger partial charge in [0.2, 0.25) is 0 Å². The number of hydrogen-bond donors (Lipinski definition) is 0. The smallest absolute Gasteiger partial charge is 0.333 e. The normalized spacial score (nSPS) is 14.1. The molecule has 0 N–H and O–H groups in total. The van der Waals surface area contributed by atoms with E-state index in [0.29, 0.717) is 36.0 Å². The van der Waals surface area contributed by atoms with Crippen molar-refractivity contribution >= 4 is 17.8 Å². The number of ether oxygens (including phenoxy) is 1. The zero-order valence-corrected chi connectivity index (χ0v) is 19.3. The van der Waals surface area contributed by atoms with Crippen LogP contribution < -0.4 is 0 Å². The minimum absolute atomic E-state index is 0.0240. The number of carbonyl (C=O) groups is 2. The fourth-order valence-electron chi connectivity index (χ4n) is 3.45. The lowest BCUT2D eigenvalue weighted by atomic mass is 9.92. The molecule has 164 valence electrons. The first-order valence-corrected chi connectivity index (χ1v) is 11.2. The van der Waals surface area contributed by atoms with Gasteiger partial charge in [0.1, 0.15) is 5.76 Å². The van der Waals surface area contributed by atoms with E-state index >= 15 is 0 Å². The van der Waals surface area contributed by atoms with Crippen molar-refractivity contribution < 1.29 is 18.7 Å². The summed E-state index contributed by atoms with van der Waals surface area (Å²) in [5.74, 6) is 2.41. The number of esters is 1. The highest BCUT2D eigenvalue weighted by atomic mass is 16.5. The van der Waals surface area contributed by atoms with Gasteiger partial charge >= 0.3 is 5.97 Å². The third-order valence-corrected chi connectivity index (χ3v) is 5.26. The molecule has 4 nitrogen and oxygen atoms in total. The van der Waals surface area contributed by atoms with Gasteiger partial charge in [0.05, 0.1) is 6.61 Å². The van der Waals surface area contributed by atoms with Crippen molar-refractivity contribution in [2.75, 3.05) is 6.61 Å². The van der Waals surface area contributed by atoms with Gasteiger partial charge in [0, 0.05) is 12.0 Å². The van der Waals surface area contributed by atoms with Crippen LogP contribution in [0.1, 0.15) is 103 Å². The molecule has 0 aromatic carbocycles. The SMILES string of the molecule is CCOC(=O)/C(C)=C/c1ccc(C(=O)CC(C)CCCC(C)CCCC(C)C)o1. The Bertz CT molecular complexity index is 654. The summed E-state index contributed by atoms with van der Waals surface area (Å²) in [6.45, 7) is 12.8. The highest BCUT2D eigenvalue weighted by Gasteiger charge is 2.16. The molecule has 0 aliphatic heterocycles. The molecule has 0 bridgehead atoms. The van der Waals surface area contributed by atoms with Gasteiger partial charge in [0.25, 0.3) is 0 Å². The molecule has 0 saturated heterocycles. The summed E-state index contributed by atoms with van der Waals surface area (Å²) in [5.41, 5.74) is 0.455. The summed E-state index contributed by atoms with van der Waals surface area (Å²) < 4.78 is 10.6. The highest BCUT2D eigenvalue weighted by molar-refractivity contribution is 5.95. The summed E-state index contributed by atoms with van der Waals surface area (Å²) in [4.78, 5) is 24.2. The monoisotopic (exact) mass is 404 g/mol. The molecule has 4 heteroatoms. The van der Waals surface area contributed by atoms with Crippen molar-refractivity contribution in [3.63, 3.8) is 0 Å². The number of ketones is 1. The van der Waals surface area contributed by atoms with Gasteiger partial charge < -0.3 is 9.15 Å². The number of hydrogen-bond acceptors (Lipinski definition) is 4. The van der Waals surface area contributed by atoms with E-state index in [9.17, 15) is 9.59 Å². The Hall–Kier alpha value is -1.84. The van der Waals surface area contributed by atoms with Crippen molar-refractivity contribution in [2.45, 2.75) is 86.5 Å². The van der Waals surface area contributed by atoms with E-state index in [2.05, 4.69) is 27.7 Å². The lowest BCUT2D eigenvalue weighted by molar-refractivity contribution is -0.138. The fraction of sp³-hybridized carbons (Fsp3) is 0.680. The van der Waals surface area contributed by atoms with Crippen LogP contribution in [-0.2, 0) is 9.53 Å². The first-order valence-electron chi connectivity index (χ1n) is 11.2. The van der Waals surface area contributed by atoms with Crippen LogP contribution in [0.25, 0.3) is 6.08 Å². The Morgan fingerprint density at radius 2 is 1.62 bits per heavy atom. The van der Waals surface area contributed by atoms with Gasteiger partial charge in [-0.3, -0.25) is 4.79 Å². The molecule has 2 atom stereocenters. The van der Waals surface area contributed by atoms with Crippen LogP contribution in [-0.4, -0.2) is 18.4 Å². The van der Waals surface area contributed by atoms with E-state index < -0.39 is 0 Å². The molecule has 0 amide bonds. The largest absolute Gasteiger partial charge is 0.463 e. The Morgan fingerprint density at radius 1 is 1.00 bits per heavy atom. The van der Waals surface area contributed by atoms with Crippen molar-refractivity contribution in [1.82, 2.24) is 0 Å². The standard InChI is InChI=1S/C25H40O4/c1-7-28-25(27)21(6)17-22-14-15-24(29-22)23(26)16-20(5)13-9-12-19(4)11-8-10-18(2)3/h14-15,17-20H,7-13,16H2,1-6H3/b21-17+. The lowest BCUT2D eigenvalue weighted by Crippen LogP contribution is -2.06. The molecule has 0 radical (unpaired) electrons. The zero-order valence-electron chi connectivity index (χ0n) is 19.3. The number of rotatable bonds is 14. The van der Waals surface area contributed by atoms with Gasteiger partial charge in [-0.05, 0) is 49.8 Å². The Kier molecular flexibility index (Phi) is 11.6. The molecule has 0 saturated carbocycles. The summed E-state index contributed by atoms with van der Waals surface area (Å²) >= 11 is 0. The van der Waals surface area contributed by atoms with E-state index in [1.807, 2.05) is 0 Å². The molecule has 0 fully saturated rings. The van der Waals surface area contributed by atoms with Crippen LogP contribution in [0.15, 0.2) is 22.1 Å². The minimum atomic E-state index is -0.371. The molecule has 2 unspecified atom stereocenters. The average molecular weight is 405 g/mol. The summed E-state index contributed by atoms with van der Waals surface area (Å²) in [5, 5.41) is 0. The molecule has 1 aromatic heterocycles. The van der Waals surface area contributed by atoms with Gasteiger partial charge in [-0.15, -0.1) is 0 Å². The van der Waals surface area contributed by atoms with Crippen molar-refractivity contribution in [1.29, 1.82) is 0 Å². The van der Waals surface area contributed by atoms with Crippen molar-refractivity contribution in [3.8, 4) is 0 Å². The fourth-order valence-corrected chi connectivity index (χ4v) is 3.45. The highest BCUT2D eigenvalue weighted by Crippen LogP contribution is 2.22. The van der Waals surface area contributed by atoms with Crippen molar-refractivity contribution in [2.24, 2.45) is 17.8 Å². The Labute approximate surface area is 177 Å². The van der Waals surface area contributed by atoms with Gasteiger partial charge in [-0.25, -0.2) is 4.79 Å². The molecule has 1 rings (SSSR count). The van der Waals surface area contributed by atoms with Gasteiger partial charge in [0.15, 0.2) is 11.5 Å². The van der Waals surface area contributed by atoms with Crippen molar-refractivity contribution in [3.05, 3.63) is 29.2 Å². The summed E-state index contributed by atoms with van der Waals surface area (Å²) in [6.07, 6.45) is 9.51. The predicted octanol–water partition coefficient (Wildman–Crippen LogP) is 7.09. The average Bonchev–Trinajstić information content (AvgIpc) is 3.10. The zero-order chi connectivity index (χ0) is 21.8. The second kappa shape index (κ2) is 13.4. The van der Waals surface area contributed by atoms with Gasteiger partial charge in [-0.1, -0.05) is 66.2 Å². The molecule has 29 heavy (non-hydrogen) atoms. The third kappa shape index (κ3) is 10.5. The second-order valence-corrected chi connectivity index (χ2v) is 8.84. The lowest BCUT2D eigenvalue weighted by Gasteiger charge is -2.14. The van der Waals surface area contributed by atoms with Crippen LogP contribution in [0.2, 0.25) is 0 Å². The second-order valence-electron chi connectivity index (χ2n) is 8.84. The van der Waals surface area contributed by atoms with E-state index in [1.165, 1.54) is 32.1 Å². The number of furan rings is 1. The van der Waals surface area contributed by atoms with Crippen LogP contribution in [0.3, 0.4) is 0 Å². The Morgan fingerprint density at radius 3 is 2.24 bits per heavy atom. The topological polar surface area (TPSA) is 56.5 Å². The number of Topliss-reactive ketones (excluding diaryl/α,β-unsaturated/α-hetero) is 1. The van der Waals surface area contributed by atoms with Gasteiger partial charge in [-0.2, -0.15) is 0 Å². The maximum atomic E-state index is 12.5. The van der Waals surface area contributed by atoms with Crippen LogP contribution in [0.4, 0.5) is 0 Å². The maximum Gasteiger partial charge on any atom is 0.333 e. The number of carbonyl (C=O) groups excluding carboxylic acids is 2. The first kappa shape index (κ1) is 25.2. The van der Waals surface area contributed by atoms with E-state index in [0.717, 1.165) is 18.3 Å². The molecular weight excluding hydrogens is 364 g/mol. The van der Waals surface area contributed by atoms with Crippen LogP contribution in [0.5, 0.6) is 0 Å². The molecule has 0 aliphatic carbocycles. The molecule has 0 aliphatic rings. The van der Waals surface area contributed by atoms with Crippen LogP contribution in [0, 0.1) is 17.8 Å². The molecule has 1 heterocycles. The minimum Gasteiger partial charge on any atom is -0.463 e. The Balaban J connectivity index is 2.39. The first-order chi connectivity index (χ1) is 13.7. The molecule has 1 aromatic rings. The van der Waals surface area contributed by atoms with E-state index in [-0.39, 0.29) is 11.8 Å². The molecular formula is C25H40O4. The predicted molar refractivity (Wildman–Crippen MR) is 119 cm³/mol. The maximum absolute atomic E-state index is 12.5. The third-order valence-electron chi connectivity index (χ3n) is 5.26.